The van der Waals surface area contributed by atoms with Gasteiger partial charge in [-0.25, -0.2) is 4.39 Å². The van der Waals surface area contributed by atoms with Gasteiger partial charge in [-0.3, -0.25) is 4.79 Å². The normalized spacial score (nSPS) is 17.7. The Morgan fingerprint density at radius 2 is 2.00 bits per heavy atom. The van der Waals surface area contributed by atoms with Crippen LogP contribution in [0.25, 0.3) is 0 Å². The van der Waals surface area contributed by atoms with Crippen LogP contribution >= 0.6 is 0 Å². The minimum absolute atomic E-state index is 0.0827. The number of hydrogen-bond acceptors (Lipinski definition) is 2. The Kier molecular flexibility index (Phi) is 3.28. The number of carboxylic acid groups (broad SMARTS) is 1. The van der Waals surface area contributed by atoms with E-state index in [9.17, 15) is 14.3 Å². The molecule has 1 aromatic carbocycles. The van der Waals surface area contributed by atoms with Crippen molar-refractivity contribution >= 4 is 5.97 Å². The first-order valence-corrected chi connectivity index (χ1v) is 6.10. The molecular weight excluding hydrogens is 235 g/mol. The van der Waals surface area contributed by atoms with E-state index in [2.05, 4.69) is 0 Å². The van der Waals surface area contributed by atoms with Crippen LogP contribution in [0.5, 0.6) is 5.75 Å². The van der Waals surface area contributed by atoms with Gasteiger partial charge in [0.05, 0.1) is 12.5 Å². The third-order valence-electron chi connectivity index (χ3n) is 3.88. The first-order chi connectivity index (χ1) is 8.53. The molecule has 1 aliphatic carbocycles. The van der Waals surface area contributed by atoms with Crippen LogP contribution in [-0.2, 0) is 10.2 Å². The zero-order chi connectivity index (χ0) is 13.3. The Labute approximate surface area is 106 Å². The lowest BCUT2D eigenvalue weighted by molar-refractivity contribution is -0.143. The van der Waals surface area contributed by atoms with Crippen LogP contribution < -0.4 is 4.74 Å². The van der Waals surface area contributed by atoms with Crippen LogP contribution in [0.4, 0.5) is 4.39 Å². The molecule has 0 spiro atoms. The molecule has 18 heavy (non-hydrogen) atoms. The maximum atomic E-state index is 14.0. The number of rotatable bonds is 3. The van der Waals surface area contributed by atoms with E-state index in [0.29, 0.717) is 24.0 Å². The van der Waals surface area contributed by atoms with Crippen LogP contribution in [0, 0.1) is 12.7 Å². The summed E-state index contributed by atoms with van der Waals surface area (Å²) in [6, 6.07) is 3.31. The highest BCUT2D eigenvalue weighted by atomic mass is 19.1. The summed E-state index contributed by atoms with van der Waals surface area (Å²) in [5.41, 5.74) is -0.0490. The topological polar surface area (TPSA) is 46.5 Å². The van der Waals surface area contributed by atoms with Crippen molar-refractivity contribution in [3.05, 3.63) is 29.1 Å². The summed E-state index contributed by atoms with van der Waals surface area (Å²) in [5.74, 6) is -1.26. The number of methoxy groups -OCH3 is 1. The molecule has 98 valence electrons. The zero-order valence-corrected chi connectivity index (χ0v) is 10.6. The number of hydrogen-bond donors (Lipinski definition) is 1. The maximum Gasteiger partial charge on any atom is 0.314 e. The van der Waals surface area contributed by atoms with E-state index in [-0.39, 0.29) is 5.75 Å². The Hall–Kier alpha value is -1.58. The molecule has 0 saturated heterocycles. The number of carboxylic acids is 1. The second-order valence-corrected chi connectivity index (χ2v) is 4.87. The van der Waals surface area contributed by atoms with Gasteiger partial charge in [0.1, 0.15) is 0 Å². The van der Waals surface area contributed by atoms with Crippen molar-refractivity contribution in [2.24, 2.45) is 0 Å². The molecule has 1 aliphatic rings. The molecule has 1 fully saturated rings. The van der Waals surface area contributed by atoms with E-state index < -0.39 is 17.2 Å². The molecule has 0 amide bonds. The third kappa shape index (κ3) is 1.76. The molecule has 1 saturated carbocycles. The Bertz CT molecular complexity index is 476. The van der Waals surface area contributed by atoms with Crippen molar-refractivity contribution in [1.82, 2.24) is 0 Å². The van der Waals surface area contributed by atoms with E-state index in [0.717, 1.165) is 12.8 Å². The lowest BCUT2D eigenvalue weighted by Crippen LogP contribution is -2.33. The quantitative estimate of drug-likeness (QED) is 0.899. The lowest BCUT2D eigenvalue weighted by Gasteiger charge is -2.26. The Morgan fingerprint density at radius 3 is 2.50 bits per heavy atom. The highest BCUT2D eigenvalue weighted by Gasteiger charge is 2.45. The standard InChI is InChI=1S/C14H17FO3/c1-9-5-6-10(12(18-2)11(9)15)14(13(16)17)7-3-4-8-14/h5-6H,3-4,7-8H2,1-2H3,(H,16,17). The third-order valence-corrected chi connectivity index (χ3v) is 3.88. The zero-order valence-electron chi connectivity index (χ0n) is 10.6. The van der Waals surface area contributed by atoms with Crippen molar-refractivity contribution in [3.8, 4) is 5.75 Å². The van der Waals surface area contributed by atoms with Crippen molar-refractivity contribution in [2.45, 2.75) is 38.0 Å². The number of carbonyl (C=O) groups is 1. The molecule has 0 aliphatic heterocycles. The molecule has 0 bridgehead atoms. The second-order valence-electron chi connectivity index (χ2n) is 4.87. The summed E-state index contributed by atoms with van der Waals surface area (Å²) < 4.78 is 19.1. The number of aliphatic carboxylic acids is 1. The molecule has 1 N–H and O–H groups in total. The summed E-state index contributed by atoms with van der Waals surface area (Å²) >= 11 is 0. The van der Waals surface area contributed by atoms with Crippen molar-refractivity contribution < 1.29 is 19.0 Å². The predicted molar refractivity (Wildman–Crippen MR) is 65.5 cm³/mol. The Balaban J connectivity index is 2.62. The minimum Gasteiger partial charge on any atom is -0.493 e. The van der Waals surface area contributed by atoms with Crippen LogP contribution in [0.2, 0.25) is 0 Å². The summed E-state index contributed by atoms with van der Waals surface area (Å²) in [5, 5.41) is 9.52. The fourth-order valence-corrected chi connectivity index (χ4v) is 2.81. The van der Waals surface area contributed by atoms with Gasteiger partial charge in [-0.1, -0.05) is 25.0 Å². The van der Waals surface area contributed by atoms with Gasteiger partial charge in [-0.2, -0.15) is 0 Å². The van der Waals surface area contributed by atoms with Crippen LogP contribution in [0.3, 0.4) is 0 Å². The number of halogens is 1. The highest BCUT2D eigenvalue weighted by Crippen LogP contribution is 2.46. The SMILES string of the molecule is COc1c(C2(C(=O)O)CCCC2)ccc(C)c1F. The van der Waals surface area contributed by atoms with Gasteiger partial charge in [0.15, 0.2) is 11.6 Å². The van der Waals surface area contributed by atoms with Crippen molar-refractivity contribution in [1.29, 1.82) is 0 Å². The lowest BCUT2D eigenvalue weighted by atomic mass is 9.78. The van der Waals surface area contributed by atoms with E-state index in [4.69, 9.17) is 4.74 Å². The van der Waals surface area contributed by atoms with Gasteiger partial charge in [0.2, 0.25) is 0 Å². The van der Waals surface area contributed by atoms with E-state index in [1.807, 2.05) is 0 Å². The van der Waals surface area contributed by atoms with Crippen molar-refractivity contribution in [2.75, 3.05) is 7.11 Å². The molecule has 0 heterocycles. The van der Waals surface area contributed by atoms with Gasteiger partial charge in [0, 0.05) is 5.56 Å². The van der Waals surface area contributed by atoms with Crippen LogP contribution in [-0.4, -0.2) is 18.2 Å². The number of aryl methyl sites for hydroxylation is 1. The molecule has 0 unspecified atom stereocenters. The smallest absolute Gasteiger partial charge is 0.314 e. The molecule has 1 aromatic rings. The number of benzene rings is 1. The predicted octanol–water partition coefficient (Wildman–Crippen LogP) is 3.04. The van der Waals surface area contributed by atoms with E-state index in [1.54, 1.807) is 19.1 Å². The summed E-state index contributed by atoms with van der Waals surface area (Å²) in [6.45, 7) is 1.64. The second kappa shape index (κ2) is 4.59. The average Bonchev–Trinajstić information content (AvgIpc) is 2.82. The molecule has 2 rings (SSSR count). The molecule has 0 aromatic heterocycles. The first kappa shape index (κ1) is 12.9. The van der Waals surface area contributed by atoms with Gasteiger partial charge >= 0.3 is 5.97 Å². The van der Waals surface area contributed by atoms with Crippen LogP contribution in [0.15, 0.2) is 12.1 Å². The average molecular weight is 252 g/mol. The fourth-order valence-electron chi connectivity index (χ4n) is 2.81. The first-order valence-electron chi connectivity index (χ1n) is 6.10. The summed E-state index contributed by atoms with van der Waals surface area (Å²) in [4.78, 5) is 11.6. The Morgan fingerprint density at radius 1 is 1.39 bits per heavy atom. The molecule has 4 heteroatoms. The van der Waals surface area contributed by atoms with Crippen molar-refractivity contribution in [3.63, 3.8) is 0 Å². The van der Waals surface area contributed by atoms with Gasteiger partial charge in [-0.15, -0.1) is 0 Å². The molecular formula is C14H17FO3. The maximum absolute atomic E-state index is 14.0. The molecule has 3 nitrogen and oxygen atoms in total. The summed E-state index contributed by atoms with van der Waals surface area (Å²) in [7, 11) is 1.38. The van der Waals surface area contributed by atoms with Gasteiger partial charge in [-0.05, 0) is 25.3 Å². The monoisotopic (exact) mass is 252 g/mol. The minimum atomic E-state index is -0.986. The van der Waals surface area contributed by atoms with E-state index >= 15 is 0 Å². The van der Waals surface area contributed by atoms with E-state index in [1.165, 1.54) is 7.11 Å². The summed E-state index contributed by atoms with van der Waals surface area (Å²) in [6.07, 6.45) is 2.79. The number of ether oxygens (including phenoxy) is 1. The van der Waals surface area contributed by atoms with Gasteiger partial charge < -0.3 is 9.84 Å². The largest absolute Gasteiger partial charge is 0.493 e. The fraction of sp³-hybridized carbons (Fsp3) is 0.500. The highest BCUT2D eigenvalue weighted by molar-refractivity contribution is 5.83. The van der Waals surface area contributed by atoms with Crippen LogP contribution in [0.1, 0.15) is 36.8 Å². The molecule has 0 radical (unpaired) electrons. The molecule has 0 atom stereocenters. The van der Waals surface area contributed by atoms with Gasteiger partial charge in [0.25, 0.3) is 0 Å².